The number of nitrogens with zero attached hydrogens (tertiary/aromatic N) is 2. The van der Waals surface area contributed by atoms with Crippen LogP contribution in [0.1, 0.15) is 62.1 Å². The third-order valence-corrected chi connectivity index (χ3v) is 12.3. The van der Waals surface area contributed by atoms with Crippen molar-refractivity contribution in [2.24, 2.45) is 17.8 Å². The number of halogens is 2. The monoisotopic (exact) mass is 695 g/mol. The molecule has 47 heavy (non-hydrogen) atoms. The second-order valence-corrected chi connectivity index (χ2v) is 16.6. The summed E-state index contributed by atoms with van der Waals surface area (Å²) in [5, 5.41) is 3.57. The molecule has 7 rings (SSSR count). The van der Waals surface area contributed by atoms with Crippen molar-refractivity contribution >= 4 is 50.7 Å². The fourth-order valence-corrected chi connectivity index (χ4v) is 9.91. The SMILES string of the molecule is CCNC(=O)[C@H](Cc1ccccc1)N(Cc1ccc(Cl)c(Cl)c1)C(=O)CN(c1ccc(C23CC4CC(CC(C4)C2)C3)cc1)S(C)(=O)=O. The minimum Gasteiger partial charge on any atom is -0.355 e. The highest BCUT2D eigenvalue weighted by molar-refractivity contribution is 7.92. The molecule has 0 aliphatic heterocycles. The van der Waals surface area contributed by atoms with E-state index in [1.807, 2.05) is 49.4 Å². The zero-order valence-electron chi connectivity index (χ0n) is 27.0. The van der Waals surface area contributed by atoms with E-state index in [-0.39, 0.29) is 24.3 Å². The lowest BCUT2D eigenvalue weighted by Gasteiger charge is -2.57. The Kier molecular flexibility index (Phi) is 9.94. The van der Waals surface area contributed by atoms with Crippen molar-refractivity contribution in [1.82, 2.24) is 10.2 Å². The van der Waals surface area contributed by atoms with Crippen LogP contribution in [0.15, 0.2) is 72.8 Å². The molecule has 4 aliphatic carbocycles. The van der Waals surface area contributed by atoms with Gasteiger partial charge in [0.15, 0.2) is 0 Å². The topological polar surface area (TPSA) is 86.8 Å². The number of carbonyl (C=O) groups is 2. The molecule has 4 saturated carbocycles. The number of nitrogens with one attached hydrogen (secondary N) is 1. The lowest BCUT2D eigenvalue weighted by molar-refractivity contribution is -0.140. The first kappa shape index (κ1) is 33.8. The molecular weight excluding hydrogens is 653 g/mol. The summed E-state index contributed by atoms with van der Waals surface area (Å²) < 4.78 is 27.7. The van der Waals surface area contributed by atoms with Gasteiger partial charge in [0, 0.05) is 19.5 Å². The van der Waals surface area contributed by atoms with E-state index < -0.39 is 28.5 Å². The van der Waals surface area contributed by atoms with E-state index in [1.165, 1.54) is 49.0 Å². The maximum absolute atomic E-state index is 14.3. The lowest BCUT2D eigenvalue weighted by atomic mass is 9.48. The van der Waals surface area contributed by atoms with Crippen LogP contribution in [-0.2, 0) is 38.0 Å². The molecule has 0 unspecified atom stereocenters. The van der Waals surface area contributed by atoms with Crippen LogP contribution in [0.25, 0.3) is 0 Å². The largest absolute Gasteiger partial charge is 0.355 e. The van der Waals surface area contributed by atoms with E-state index in [0.717, 1.165) is 33.9 Å². The molecule has 4 aliphatic rings. The summed E-state index contributed by atoms with van der Waals surface area (Å²) in [4.78, 5) is 29.4. The molecule has 7 nitrogen and oxygen atoms in total. The highest BCUT2D eigenvalue weighted by Gasteiger charge is 2.51. The molecule has 1 N–H and O–H groups in total. The van der Waals surface area contributed by atoms with E-state index in [4.69, 9.17) is 23.2 Å². The van der Waals surface area contributed by atoms with Crippen LogP contribution in [0.4, 0.5) is 5.69 Å². The Hall–Kier alpha value is -3.07. The zero-order chi connectivity index (χ0) is 33.3. The third-order valence-electron chi connectivity index (χ3n) is 10.4. The molecule has 4 fully saturated rings. The van der Waals surface area contributed by atoms with E-state index in [2.05, 4.69) is 17.4 Å². The summed E-state index contributed by atoms with van der Waals surface area (Å²) in [5.41, 5.74) is 3.42. The van der Waals surface area contributed by atoms with Gasteiger partial charge >= 0.3 is 0 Å². The predicted octanol–water partition coefficient (Wildman–Crippen LogP) is 7.00. The number of hydrogen-bond acceptors (Lipinski definition) is 4. The molecule has 10 heteroatoms. The van der Waals surface area contributed by atoms with Crippen LogP contribution in [0.2, 0.25) is 10.0 Å². The summed E-state index contributed by atoms with van der Waals surface area (Å²) in [7, 11) is -3.86. The standard InChI is InChI=1S/C37H43Cl2N3O4S/c1-3-40-36(44)34(19-25-7-5-4-6-8-25)41(23-26-9-14-32(38)33(39)18-26)35(43)24-42(47(2,45)46)31-12-10-30(11-13-31)37-20-27-15-28(21-37)17-29(16-27)22-37/h4-14,18,27-29,34H,3,15-17,19-24H2,1-2H3,(H,40,44)/t27?,28?,29?,34-,37?/m0/s1. The minimum atomic E-state index is -3.86. The molecule has 0 saturated heterocycles. The van der Waals surface area contributed by atoms with Gasteiger partial charge in [-0.3, -0.25) is 13.9 Å². The van der Waals surface area contributed by atoms with Gasteiger partial charge < -0.3 is 10.2 Å². The third kappa shape index (κ3) is 7.50. The second-order valence-electron chi connectivity index (χ2n) is 13.9. The summed E-state index contributed by atoms with van der Waals surface area (Å²) in [5.74, 6) is 1.55. The first-order valence-corrected chi connectivity index (χ1v) is 19.2. The van der Waals surface area contributed by atoms with Gasteiger partial charge in [-0.1, -0.05) is 71.7 Å². The Bertz CT molecular complexity index is 1680. The number of anilines is 1. The van der Waals surface area contributed by atoms with E-state index in [9.17, 15) is 18.0 Å². The first-order chi connectivity index (χ1) is 22.4. The van der Waals surface area contributed by atoms with Crippen LogP contribution in [-0.4, -0.2) is 50.5 Å². The molecule has 3 aromatic carbocycles. The average Bonchev–Trinajstić information content (AvgIpc) is 3.02. The Morgan fingerprint density at radius 2 is 1.49 bits per heavy atom. The van der Waals surface area contributed by atoms with Gasteiger partial charge in [-0.25, -0.2) is 8.42 Å². The molecule has 4 bridgehead atoms. The normalized spacial score (nSPS) is 23.7. The Balaban J connectivity index is 1.31. The molecule has 0 radical (unpaired) electrons. The summed E-state index contributed by atoms with van der Waals surface area (Å²) in [6, 6.07) is 21.5. The average molecular weight is 697 g/mol. The van der Waals surface area contributed by atoms with E-state index >= 15 is 0 Å². The number of hydrogen-bond donors (Lipinski definition) is 1. The summed E-state index contributed by atoms with van der Waals surface area (Å²) >= 11 is 12.5. The smallest absolute Gasteiger partial charge is 0.244 e. The van der Waals surface area contributed by atoms with Crippen LogP contribution in [0, 0.1) is 17.8 Å². The number of rotatable bonds is 12. The minimum absolute atomic E-state index is 0.0346. The van der Waals surface area contributed by atoms with Crippen molar-refractivity contribution < 1.29 is 18.0 Å². The Morgan fingerprint density at radius 3 is 2.04 bits per heavy atom. The molecular formula is C37H43Cl2N3O4S. The van der Waals surface area contributed by atoms with Crippen LogP contribution < -0.4 is 9.62 Å². The number of likely N-dealkylation sites (N-methyl/N-ethyl adjacent to an activating group) is 1. The maximum atomic E-state index is 14.3. The number of amides is 2. The molecule has 250 valence electrons. The maximum Gasteiger partial charge on any atom is 0.244 e. The number of sulfonamides is 1. The molecule has 0 aromatic heterocycles. The second kappa shape index (κ2) is 13.8. The van der Waals surface area contributed by atoms with Crippen molar-refractivity contribution in [3.63, 3.8) is 0 Å². The zero-order valence-corrected chi connectivity index (χ0v) is 29.3. The predicted molar refractivity (Wildman–Crippen MR) is 188 cm³/mol. The van der Waals surface area contributed by atoms with Gasteiger partial charge in [0.05, 0.1) is 22.0 Å². The summed E-state index contributed by atoms with van der Waals surface area (Å²) in [6.07, 6.45) is 9.03. The molecule has 0 spiro atoms. The lowest BCUT2D eigenvalue weighted by Crippen LogP contribution is -2.53. The summed E-state index contributed by atoms with van der Waals surface area (Å²) in [6.45, 7) is 1.78. The number of benzene rings is 3. The number of carbonyl (C=O) groups excluding carboxylic acids is 2. The van der Waals surface area contributed by atoms with Crippen LogP contribution >= 0.6 is 23.2 Å². The Morgan fingerprint density at radius 1 is 0.872 bits per heavy atom. The van der Waals surface area contributed by atoms with Gasteiger partial charge in [0.1, 0.15) is 12.6 Å². The molecule has 2 amide bonds. The van der Waals surface area contributed by atoms with Gasteiger partial charge in [-0.2, -0.15) is 0 Å². The molecule has 3 aromatic rings. The van der Waals surface area contributed by atoms with Crippen LogP contribution in [0.3, 0.4) is 0 Å². The van der Waals surface area contributed by atoms with Gasteiger partial charge in [-0.15, -0.1) is 0 Å². The van der Waals surface area contributed by atoms with Gasteiger partial charge in [-0.05, 0) is 110 Å². The highest BCUT2D eigenvalue weighted by atomic mass is 35.5. The Labute approximate surface area is 288 Å². The fraction of sp³-hybridized carbons (Fsp3) is 0.459. The van der Waals surface area contributed by atoms with Gasteiger partial charge in [0.2, 0.25) is 21.8 Å². The van der Waals surface area contributed by atoms with Gasteiger partial charge in [0.25, 0.3) is 0 Å². The van der Waals surface area contributed by atoms with E-state index in [0.29, 0.717) is 27.8 Å². The van der Waals surface area contributed by atoms with Crippen LogP contribution in [0.5, 0.6) is 0 Å². The van der Waals surface area contributed by atoms with E-state index in [1.54, 1.807) is 18.2 Å². The fourth-order valence-electron chi connectivity index (χ4n) is 8.74. The van der Waals surface area contributed by atoms with Crippen molar-refractivity contribution in [3.05, 3.63) is 99.5 Å². The van der Waals surface area contributed by atoms with Crippen molar-refractivity contribution in [2.45, 2.75) is 69.9 Å². The molecule has 0 heterocycles. The van der Waals surface area contributed by atoms with Crippen molar-refractivity contribution in [1.29, 1.82) is 0 Å². The highest BCUT2D eigenvalue weighted by Crippen LogP contribution is 2.60. The quantitative estimate of drug-likeness (QED) is 0.221. The first-order valence-electron chi connectivity index (χ1n) is 16.6. The molecule has 1 atom stereocenters. The van der Waals surface area contributed by atoms with Crippen molar-refractivity contribution in [3.8, 4) is 0 Å². The van der Waals surface area contributed by atoms with Crippen molar-refractivity contribution in [2.75, 3.05) is 23.7 Å².